The van der Waals surface area contributed by atoms with Crippen LogP contribution < -0.4 is 20.7 Å². The Balaban J connectivity index is 1.49. The van der Waals surface area contributed by atoms with Gasteiger partial charge in [-0.1, -0.05) is 18.0 Å². The molecule has 0 spiro atoms. The zero-order valence-corrected chi connectivity index (χ0v) is 25.6. The maximum atomic E-state index is 16.6. The summed E-state index contributed by atoms with van der Waals surface area (Å²) in [5, 5.41) is 3.71. The largest absolute Gasteiger partial charge is 0.462 e. The van der Waals surface area contributed by atoms with Crippen LogP contribution >= 0.6 is 11.6 Å². The van der Waals surface area contributed by atoms with Crippen molar-refractivity contribution in [3.05, 3.63) is 34.1 Å². The van der Waals surface area contributed by atoms with E-state index >= 15 is 4.39 Å². The molecule has 1 aromatic carbocycles. The lowest BCUT2D eigenvalue weighted by molar-refractivity contribution is -0.137. The number of benzene rings is 1. The first-order valence-electron chi connectivity index (χ1n) is 14.8. The number of nitrogens with one attached hydrogen (secondary N) is 1. The Hall–Kier alpha value is -3.00. The zero-order chi connectivity index (χ0) is 31.3. The quantitative estimate of drug-likeness (QED) is 0.353. The maximum Gasteiger partial charge on any atom is 0.418 e. The third-order valence-corrected chi connectivity index (χ3v) is 9.35. The molecule has 9 nitrogen and oxygen atoms in total. The number of nitrogen functional groups attached to an aromatic ring is 1. The Morgan fingerprint density at radius 3 is 2.61 bits per heavy atom. The molecule has 44 heavy (non-hydrogen) atoms. The number of anilines is 2. The van der Waals surface area contributed by atoms with Gasteiger partial charge >= 0.3 is 12.2 Å². The van der Waals surface area contributed by atoms with E-state index < -0.39 is 28.8 Å². The molecule has 5 heterocycles. The minimum atomic E-state index is -4.83. The number of rotatable bonds is 6. The van der Waals surface area contributed by atoms with Gasteiger partial charge in [0.05, 0.1) is 27.9 Å². The second kappa shape index (κ2) is 12.1. The molecule has 3 aliphatic rings. The van der Waals surface area contributed by atoms with Crippen molar-refractivity contribution in [2.45, 2.75) is 69.4 Å². The molecule has 2 aromatic heterocycles. The fourth-order valence-electron chi connectivity index (χ4n) is 6.83. The van der Waals surface area contributed by atoms with E-state index in [1.165, 1.54) is 13.0 Å². The molecule has 3 N–H and O–H groups in total. The van der Waals surface area contributed by atoms with Crippen LogP contribution in [0.4, 0.5) is 29.2 Å². The lowest BCUT2D eigenvalue weighted by atomic mass is 9.98. The van der Waals surface area contributed by atoms with Crippen molar-refractivity contribution in [1.82, 2.24) is 25.2 Å². The summed E-state index contributed by atoms with van der Waals surface area (Å²) in [6, 6.07) is 3.07. The molecule has 0 saturated carbocycles. The van der Waals surface area contributed by atoms with Crippen molar-refractivity contribution in [2.24, 2.45) is 0 Å². The molecule has 0 aliphatic carbocycles. The van der Waals surface area contributed by atoms with Crippen LogP contribution in [0.15, 0.2) is 12.1 Å². The number of likely N-dealkylation sites (N-methyl/N-ethyl adjacent to an activating group) is 1. The van der Waals surface area contributed by atoms with Gasteiger partial charge < -0.3 is 25.4 Å². The van der Waals surface area contributed by atoms with Gasteiger partial charge in [-0.3, -0.25) is 4.90 Å². The Kier molecular flexibility index (Phi) is 8.50. The zero-order valence-electron chi connectivity index (χ0n) is 24.8. The summed E-state index contributed by atoms with van der Waals surface area (Å²) in [5.74, 6) is -0.811. The van der Waals surface area contributed by atoms with Gasteiger partial charge in [0, 0.05) is 50.3 Å². The Bertz CT molecular complexity index is 1560. The number of halogens is 5. The molecule has 14 heteroatoms. The van der Waals surface area contributed by atoms with E-state index in [-0.39, 0.29) is 58.1 Å². The predicted molar refractivity (Wildman–Crippen MR) is 161 cm³/mol. The van der Waals surface area contributed by atoms with Crippen LogP contribution in [0.1, 0.15) is 43.2 Å². The van der Waals surface area contributed by atoms with E-state index in [9.17, 15) is 13.2 Å². The molecule has 0 amide bonds. The summed E-state index contributed by atoms with van der Waals surface area (Å²) in [6.45, 7) is 3.49. The number of hydrogen-bond acceptors (Lipinski definition) is 9. The van der Waals surface area contributed by atoms with Crippen molar-refractivity contribution < 1.29 is 27.0 Å². The number of fused-ring (bicyclic) bond motifs is 3. The number of alkyl halides is 3. The molecule has 3 aliphatic heterocycles. The topological polar surface area (TPSA) is 102 Å². The fourth-order valence-corrected chi connectivity index (χ4v) is 7.11. The van der Waals surface area contributed by atoms with Gasteiger partial charge in [-0.2, -0.15) is 23.1 Å². The van der Waals surface area contributed by atoms with Crippen LogP contribution in [0.5, 0.6) is 6.01 Å². The highest BCUT2D eigenvalue weighted by Crippen LogP contribution is 2.44. The van der Waals surface area contributed by atoms with E-state index in [2.05, 4.69) is 25.1 Å². The van der Waals surface area contributed by atoms with Crippen LogP contribution in [-0.4, -0.2) is 84.5 Å². The van der Waals surface area contributed by atoms with Crippen LogP contribution in [0, 0.1) is 12.7 Å². The molecule has 3 aromatic rings. The van der Waals surface area contributed by atoms with Crippen molar-refractivity contribution in [3.63, 3.8) is 0 Å². The van der Waals surface area contributed by atoms with Crippen LogP contribution in [0.25, 0.3) is 22.2 Å². The molecule has 0 unspecified atom stereocenters. The average molecular weight is 638 g/mol. The number of piperidine rings is 1. The van der Waals surface area contributed by atoms with Gasteiger partial charge in [-0.25, -0.2) is 9.37 Å². The lowest BCUT2D eigenvalue weighted by Gasteiger charge is -2.29. The summed E-state index contributed by atoms with van der Waals surface area (Å²) in [7, 11) is 3.63. The molecule has 3 fully saturated rings. The summed E-state index contributed by atoms with van der Waals surface area (Å²) in [6.07, 6.45) is 0.0179. The summed E-state index contributed by atoms with van der Waals surface area (Å²) in [5.41, 5.74) is 3.13. The van der Waals surface area contributed by atoms with E-state index in [1.54, 1.807) is 7.11 Å². The minimum absolute atomic E-state index is 0.0174. The smallest absolute Gasteiger partial charge is 0.418 e. The molecule has 4 atom stereocenters. The minimum Gasteiger partial charge on any atom is -0.462 e. The van der Waals surface area contributed by atoms with Gasteiger partial charge in [-0.15, -0.1) is 0 Å². The molecule has 2 bridgehead atoms. The van der Waals surface area contributed by atoms with E-state index in [1.807, 2.05) is 7.05 Å². The summed E-state index contributed by atoms with van der Waals surface area (Å²) >= 11 is 6.61. The highest BCUT2D eigenvalue weighted by atomic mass is 35.5. The Labute approximate surface area is 258 Å². The standard InChI is InChI=1S/C30H36ClF4N7O2/c1-15-9-22(36)38-27(24(15)30(33,34)35)23-21(31)11-20-26(25(23)32)39-29(44-14-18-10-19(43-3)13-41(18)2)40-28(20)42-8-7-16-5-4-6-17(12-42)37-16/h9,11,16-19,37H,4-8,10,12-14H2,1-3H3,(H2,36,38)/t16-,17+,18+,19-/m1/s1. The second-order valence-corrected chi connectivity index (χ2v) is 12.5. The maximum absolute atomic E-state index is 16.6. The molecular weight excluding hydrogens is 602 g/mol. The van der Waals surface area contributed by atoms with E-state index in [0.29, 0.717) is 24.9 Å². The lowest BCUT2D eigenvalue weighted by Crippen LogP contribution is -2.44. The number of nitrogens with two attached hydrogens (primary N) is 1. The number of aryl methyl sites for hydroxylation is 1. The Morgan fingerprint density at radius 2 is 1.89 bits per heavy atom. The summed E-state index contributed by atoms with van der Waals surface area (Å²) in [4.78, 5) is 17.3. The first kappa shape index (κ1) is 31.0. The molecule has 6 rings (SSSR count). The molecule has 238 valence electrons. The number of aromatic nitrogens is 3. The monoisotopic (exact) mass is 637 g/mol. The number of nitrogens with zero attached hydrogens (tertiary/aromatic N) is 5. The third-order valence-electron chi connectivity index (χ3n) is 9.05. The van der Waals surface area contributed by atoms with E-state index in [0.717, 1.165) is 44.7 Å². The SMILES string of the molecule is CO[C@@H]1C[C@@H](COc2nc(N3CC[C@H]4CCC[C@@H](C3)N4)c3cc(Cl)c(-c4nc(N)cc(C)c4C(F)(F)F)c(F)c3n2)N(C)C1. The van der Waals surface area contributed by atoms with Crippen LogP contribution in [0.2, 0.25) is 5.02 Å². The van der Waals surface area contributed by atoms with Crippen molar-refractivity contribution in [1.29, 1.82) is 0 Å². The fraction of sp³-hybridized carbons (Fsp3) is 0.567. The summed E-state index contributed by atoms with van der Waals surface area (Å²) < 4.78 is 70.9. The first-order chi connectivity index (χ1) is 20.9. The van der Waals surface area contributed by atoms with E-state index in [4.69, 9.17) is 31.8 Å². The van der Waals surface area contributed by atoms with Crippen molar-refractivity contribution in [3.8, 4) is 17.3 Å². The van der Waals surface area contributed by atoms with Crippen LogP contribution in [-0.2, 0) is 10.9 Å². The molecule has 3 saturated heterocycles. The third kappa shape index (κ3) is 5.99. The molecule has 0 radical (unpaired) electrons. The normalized spacial score (nSPS) is 24.6. The number of ether oxygens (including phenoxy) is 2. The van der Waals surface area contributed by atoms with Gasteiger partial charge in [0.1, 0.15) is 23.8 Å². The Morgan fingerprint density at radius 1 is 1.11 bits per heavy atom. The number of likely N-dealkylation sites (tertiary alicyclic amines) is 1. The van der Waals surface area contributed by atoms with Crippen LogP contribution in [0.3, 0.4) is 0 Å². The predicted octanol–water partition coefficient (Wildman–Crippen LogP) is 5.21. The number of methoxy groups -OCH3 is 1. The van der Waals surface area contributed by atoms with Gasteiger partial charge in [-0.05, 0) is 57.4 Å². The number of pyridine rings is 1. The second-order valence-electron chi connectivity index (χ2n) is 12.1. The average Bonchev–Trinajstić information content (AvgIpc) is 3.25. The molecular formula is C30H36ClF4N7O2. The van der Waals surface area contributed by atoms with Gasteiger partial charge in [0.2, 0.25) is 0 Å². The highest BCUT2D eigenvalue weighted by Gasteiger charge is 2.39. The number of hydrogen-bond donors (Lipinski definition) is 2. The van der Waals surface area contributed by atoms with Gasteiger partial charge in [0.15, 0.2) is 5.82 Å². The first-order valence-corrected chi connectivity index (χ1v) is 15.2. The highest BCUT2D eigenvalue weighted by molar-refractivity contribution is 6.34. The van der Waals surface area contributed by atoms with Gasteiger partial charge in [0.25, 0.3) is 0 Å². The van der Waals surface area contributed by atoms with Crippen molar-refractivity contribution in [2.75, 3.05) is 51.0 Å². The van der Waals surface area contributed by atoms with Crippen molar-refractivity contribution >= 4 is 34.1 Å².